The van der Waals surface area contributed by atoms with Gasteiger partial charge in [0.05, 0.1) is 35.3 Å². The summed E-state index contributed by atoms with van der Waals surface area (Å²) in [6.45, 7) is 1.34. The monoisotopic (exact) mass is 419 g/mol. The number of thiazole rings is 1. The number of benzene rings is 2. The molecule has 3 aromatic rings. The lowest BCUT2D eigenvalue weighted by Gasteiger charge is -2.20. The summed E-state index contributed by atoms with van der Waals surface area (Å²) < 4.78 is 0.887. The number of para-hydroxylation sites is 1. The van der Waals surface area contributed by atoms with Crippen molar-refractivity contribution < 1.29 is 14.6 Å². The summed E-state index contributed by atoms with van der Waals surface area (Å²) in [7, 11) is 4.09. The number of halogens is 1. The van der Waals surface area contributed by atoms with Crippen LogP contribution in [0.25, 0.3) is 10.2 Å². The Balaban J connectivity index is 1.97. The van der Waals surface area contributed by atoms with Crippen molar-refractivity contribution in [3.05, 3.63) is 63.2 Å². The van der Waals surface area contributed by atoms with Crippen molar-refractivity contribution in [3.63, 3.8) is 0 Å². The first-order valence-corrected chi connectivity index (χ1v) is 9.96. The third-order valence-corrected chi connectivity index (χ3v) is 5.55. The molecule has 28 heavy (non-hydrogen) atoms. The molecular weight excluding hydrogens is 400 g/mol. The summed E-state index contributed by atoms with van der Waals surface area (Å²) >= 11 is 7.62. The van der Waals surface area contributed by atoms with Gasteiger partial charge in [-0.2, -0.15) is 0 Å². The molecule has 1 N–H and O–H groups in total. The molecule has 0 unspecified atom stereocenters. The number of aromatic nitrogens is 1. The Hall–Kier alpha value is -2.55. The SMILES string of the molecule is C[NH+](C)CCCN(C(=O)c1cccc([N+](=O)[O-])c1)c1nc2c(Cl)cccc2s1. The Bertz CT molecular complexity index is 1020. The lowest BCUT2D eigenvalue weighted by atomic mass is 10.1. The number of carbonyl (C=O) groups excluding carboxylic acids is 1. The minimum atomic E-state index is -0.506. The van der Waals surface area contributed by atoms with Crippen molar-refractivity contribution in [2.24, 2.45) is 0 Å². The standard InChI is InChI=1S/C19H19ClN4O3S/c1-22(2)10-5-11-23(18(25)13-6-3-7-14(12-13)24(26)27)19-21-17-15(20)8-4-9-16(17)28-19/h3-4,6-9,12H,5,10-11H2,1-2H3/p+1. The first kappa shape index (κ1) is 20.2. The molecule has 0 aliphatic carbocycles. The fourth-order valence-electron chi connectivity index (χ4n) is 2.80. The number of anilines is 1. The van der Waals surface area contributed by atoms with Gasteiger partial charge in [-0.25, -0.2) is 4.98 Å². The number of amides is 1. The molecule has 0 saturated carbocycles. The van der Waals surface area contributed by atoms with E-state index in [2.05, 4.69) is 4.98 Å². The second-order valence-electron chi connectivity index (χ2n) is 6.66. The predicted octanol–water partition coefficient (Wildman–Crippen LogP) is 3.04. The molecule has 3 rings (SSSR count). The summed E-state index contributed by atoms with van der Waals surface area (Å²) in [5.74, 6) is -0.312. The van der Waals surface area contributed by atoms with E-state index in [-0.39, 0.29) is 17.2 Å². The maximum Gasteiger partial charge on any atom is 0.270 e. The van der Waals surface area contributed by atoms with Crippen LogP contribution in [0.5, 0.6) is 0 Å². The van der Waals surface area contributed by atoms with Gasteiger partial charge in [-0.05, 0) is 18.2 Å². The number of nitrogens with one attached hydrogen (secondary N) is 1. The Morgan fingerprint density at radius 2 is 2.04 bits per heavy atom. The number of nitro benzene ring substituents is 1. The van der Waals surface area contributed by atoms with Gasteiger partial charge in [0.1, 0.15) is 5.52 Å². The summed E-state index contributed by atoms with van der Waals surface area (Å²) in [5.41, 5.74) is 0.798. The van der Waals surface area contributed by atoms with E-state index < -0.39 is 4.92 Å². The third kappa shape index (κ3) is 4.46. The van der Waals surface area contributed by atoms with Gasteiger partial charge in [0.15, 0.2) is 5.13 Å². The van der Waals surface area contributed by atoms with Crippen LogP contribution in [0.2, 0.25) is 5.02 Å². The molecule has 7 nitrogen and oxygen atoms in total. The molecule has 0 bridgehead atoms. The molecule has 0 aliphatic rings. The maximum absolute atomic E-state index is 13.2. The number of quaternary nitrogens is 1. The minimum Gasteiger partial charge on any atom is -0.340 e. The quantitative estimate of drug-likeness (QED) is 0.471. The highest BCUT2D eigenvalue weighted by Gasteiger charge is 2.23. The highest BCUT2D eigenvalue weighted by molar-refractivity contribution is 7.22. The zero-order chi connectivity index (χ0) is 20.3. The largest absolute Gasteiger partial charge is 0.340 e. The molecular formula is C19H20ClN4O3S+. The molecule has 146 valence electrons. The zero-order valence-corrected chi connectivity index (χ0v) is 17.1. The number of rotatable bonds is 7. The molecule has 0 spiro atoms. The number of hydrogen-bond donors (Lipinski definition) is 1. The van der Waals surface area contributed by atoms with Crippen molar-refractivity contribution in [2.75, 3.05) is 32.1 Å². The summed E-state index contributed by atoms with van der Waals surface area (Å²) in [6, 6.07) is 11.3. The van der Waals surface area contributed by atoms with E-state index in [1.165, 1.54) is 34.4 Å². The number of non-ortho nitro benzene ring substituents is 1. The van der Waals surface area contributed by atoms with Crippen LogP contribution in [0.15, 0.2) is 42.5 Å². The number of hydrogen-bond acceptors (Lipinski definition) is 5. The molecule has 0 atom stereocenters. The predicted molar refractivity (Wildman–Crippen MR) is 112 cm³/mol. The molecule has 9 heteroatoms. The van der Waals surface area contributed by atoms with Crippen molar-refractivity contribution in [3.8, 4) is 0 Å². The fraction of sp³-hybridized carbons (Fsp3) is 0.263. The van der Waals surface area contributed by atoms with E-state index in [0.717, 1.165) is 17.7 Å². The van der Waals surface area contributed by atoms with Gasteiger partial charge >= 0.3 is 0 Å². The Kier molecular flexibility index (Phi) is 6.23. The molecule has 0 saturated heterocycles. The van der Waals surface area contributed by atoms with Crippen LogP contribution >= 0.6 is 22.9 Å². The second kappa shape index (κ2) is 8.64. The first-order chi connectivity index (χ1) is 13.4. The summed E-state index contributed by atoms with van der Waals surface area (Å²) in [5, 5.41) is 12.1. The Morgan fingerprint density at radius 3 is 2.71 bits per heavy atom. The van der Waals surface area contributed by atoms with Gasteiger partial charge in [0.2, 0.25) is 0 Å². The smallest absolute Gasteiger partial charge is 0.270 e. The van der Waals surface area contributed by atoms with Crippen molar-refractivity contribution >= 4 is 49.9 Å². The van der Waals surface area contributed by atoms with Gasteiger partial charge in [0.25, 0.3) is 11.6 Å². The molecule has 0 aliphatic heterocycles. The van der Waals surface area contributed by atoms with Crippen LogP contribution in [-0.4, -0.2) is 43.0 Å². The third-order valence-electron chi connectivity index (χ3n) is 4.20. The van der Waals surface area contributed by atoms with E-state index in [4.69, 9.17) is 11.6 Å². The number of nitrogens with zero attached hydrogens (tertiary/aromatic N) is 3. The topological polar surface area (TPSA) is 80.8 Å². The van der Waals surface area contributed by atoms with Crippen LogP contribution in [0.1, 0.15) is 16.8 Å². The van der Waals surface area contributed by atoms with E-state index in [1.54, 1.807) is 17.0 Å². The van der Waals surface area contributed by atoms with Crippen molar-refractivity contribution in [1.29, 1.82) is 0 Å². The average molecular weight is 420 g/mol. The average Bonchev–Trinajstić information content (AvgIpc) is 3.10. The summed E-state index contributed by atoms with van der Waals surface area (Å²) in [6.07, 6.45) is 0.770. The molecule has 2 aromatic carbocycles. The number of fused-ring (bicyclic) bond motifs is 1. The van der Waals surface area contributed by atoms with Crippen LogP contribution in [0, 0.1) is 10.1 Å². The van der Waals surface area contributed by atoms with Gasteiger partial charge < -0.3 is 4.90 Å². The lowest BCUT2D eigenvalue weighted by Crippen LogP contribution is -3.05. The van der Waals surface area contributed by atoms with E-state index in [0.29, 0.717) is 22.2 Å². The van der Waals surface area contributed by atoms with Crippen molar-refractivity contribution in [1.82, 2.24) is 4.98 Å². The fourth-order valence-corrected chi connectivity index (χ4v) is 4.09. The van der Waals surface area contributed by atoms with E-state index >= 15 is 0 Å². The minimum absolute atomic E-state index is 0.115. The van der Waals surface area contributed by atoms with Gasteiger partial charge in [-0.1, -0.05) is 35.1 Å². The highest BCUT2D eigenvalue weighted by Crippen LogP contribution is 2.33. The molecule has 1 amide bonds. The van der Waals surface area contributed by atoms with Crippen molar-refractivity contribution in [2.45, 2.75) is 6.42 Å². The van der Waals surface area contributed by atoms with Crippen LogP contribution in [-0.2, 0) is 0 Å². The van der Waals surface area contributed by atoms with Gasteiger partial charge in [-0.15, -0.1) is 0 Å². The Labute approximate surface area is 171 Å². The number of nitro groups is 1. The molecule has 0 radical (unpaired) electrons. The van der Waals surface area contributed by atoms with Crippen LogP contribution in [0.4, 0.5) is 10.8 Å². The first-order valence-electron chi connectivity index (χ1n) is 8.77. The molecule has 0 fully saturated rings. The van der Waals surface area contributed by atoms with Gasteiger partial charge in [0, 0.05) is 30.7 Å². The van der Waals surface area contributed by atoms with E-state index in [9.17, 15) is 14.9 Å². The molecule has 1 aromatic heterocycles. The maximum atomic E-state index is 13.2. The van der Waals surface area contributed by atoms with Crippen LogP contribution in [0.3, 0.4) is 0 Å². The second-order valence-corrected chi connectivity index (χ2v) is 8.07. The normalized spacial score (nSPS) is 11.1. The number of carbonyl (C=O) groups is 1. The zero-order valence-electron chi connectivity index (χ0n) is 15.5. The van der Waals surface area contributed by atoms with Crippen LogP contribution < -0.4 is 9.80 Å². The highest BCUT2D eigenvalue weighted by atomic mass is 35.5. The summed E-state index contributed by atoms with van der Waals surface area (Å²) in [4.78, 5) is 31.2. The van der Waals surface area contributed by atoms with E-state index in [1.807, 2.05) is 26.2 Å². The molecule has 1 heterocycles. The lowest BCUT2D eigenvalue weighted by molar-refractivity contribution is -0.858. The van der Waals surface area contributed by atoms with Gasteiger partial charge in [-0.3, -0.25) is 19.8 Å². The Morgan fingerprint density at radius 1 is 1.29 bits per heavy atom.